The van der Waals surface area contributed by atoms with Crippen molar-refractivity contribution in [1.29, 1.82) is 0 Å². The lowest BCUT2D eigenvalue weighted by Crippen LogP contribution is -2.40. The van der Waals surface area contributed by atoms with E-state index in [9.17, 15) is 17.6 Å². The summed E-state index contributed by atoms with van der Waals surface area (Å²) < 4.78 is 44.6. The standard InChI is InChI=1S/C19H21FN2O4S/c20-16-4-1-15(2-5-16)3-10-19(23)21-17-6-8-18(9-7-17)27(24,25)22-11-13-26-14-12-22/h1-2,4-9H,3,10-14H2,(H,21,23). The molecule has 0 aromatic heterocycles. The van der Waals surface area contributed by atoms with Gasteiger partial charge in [-0.15, -0.1) is 0 Å². The first-order valence-electron chi connectivity index (χ1n) is 8.67. The van der Waals surface area contributed by atoms with Gasteiger partial charge in [0.05, 0.1) is 18.1 Å². The van der Waals surface area contributed by atoms with Gasteiger partial charge >= 0.3 is 0 Å². The number of rotatable bonds is 6. The van der Waals surface area contributed by atoms with Gasteiger partial charge in [0.25, 0.3) is 0 Å². The molecule has 0 aliphatic carbocycles. The fourth-order valence-electron chi connectivity index (χ4n) is 2.78. The molecule has 3 rings (SSSR count). The molecule has 1 aliphatic heterocycles. The molecule has 0 bridgehead atoms. The SMILES string of the molecule is O=C(CCc1ccc(F)cc1)Nc1ccc(S(=O)(=O)N2CCOCC2)cc1. The molecular formula is C19H21FN2O4S. The Labute approximate surface area is 158 Å². The van der Waals surface area contributed by atoms with Gasteiger partial charge in [-0.3, -0.25) is 4.79 Å². The van der Waals surface area contributed by atoms with Crippen molar-refractivity contribution in [2.75, 3.05) is 31.6 Å². The lowest BCUT2D eigenvalue weighted by Gasteiger charge is -2.26. The molecule has 144 valence electrons. The van der Waals surface area contributed by atoms with E-state index in [2.05, 4.69) is 5.32 Å². The number of hydrogen-bond donors (Lipinski definition) is 1. The molecule has 1 aliphatic rings. The first-order chi connectivity index (χ1) is 12.9. The Kier molecular flexibility index (Phi) is 6.20. The molecule has 0 spiro atoms. The molecule has 1 amide bonds. The molecule has 1 heterocycles. The van der Waals surface area contributed by atoms with Gasteiger partial charge in [-0.25, -0.2) is 12.8 Å². The van der Waals surface area contributed by atoms with E-state index in [-0.39, 0.29) is 23.0 Å². The Hall–Kier alpha value is -2.29. The van der Waals surface area contributed by atoms with E-state index in [1.165, 1.54) is 28.6 Å². The third kappa shape index (κ3) is 5.12. The highest BCUT2D eigenvalue weighted by Gasteiger charge is 2.26. The van der Waals surface area contributed by atoms with Crippen LogP contribution in [-0.4, -0.2) is 44.9 Å². The van der Waals surface area contributed by atoms with E-state index < -0.39 is 10.0 Å². The van der Waals surface area contributed by atoms with Crippen molar-refractivity contribution in [2.45, 2.75) is 17.7 Å². The zero-order chi connectivity index (χ0) is 19.3. The summed E-state index contributed by atoms with van der Waals surface area (Å²) in [5.74, 6) is -0.501. The second kappa shape index (κ2) is 8.60. The van der Waals surface area contributed by atoms with Crippen LogP contribution in [0.2, 0.25) is 0 Å². The van der Waals surface area contributed by atoms with Crippen molar-refractivity contribution in [3.63, 3.8) is 0 Å². The first-order valence-corrected chi connectivity index (χ1v) is 10.1. The van der Waals surface area contributed by atoms with Crippen LogP contribution in [0.15, 0.2) is 53.4 Å². The molecule has 1 fully saturated rings. The Morgan fingerprint density at radius 3 is 2.30 bits per heavy atom. The Balaban J connectivity index is 1.56. The average Bonchev–Trinajstić information content (AvgIpc) is 2.69. The quantitative estimate of drug-likeness (QED) is 0.819. The molecule has 2 aromatic carbocycles. The molecule has 0 atom stereocenters. The second-order valence-electron chi connectivity index (χ2n) is 6.22. The Morgan fingerprint density at radius 2 is 1.67 bits per heavy atom. The third-order valence-electron chi connectivity index (χ3n) is 4.30. The molecule has 0 radical (unpaired) electrons. The molecule has 27 heavy (non-hydrogen) atoms. The van der Waals surface area contributed by atoms with E-state index in [4.69, 9.17) is 4.74 Å². The van der Waals surface area contributed by atoms with Gasteiger partial charge in [-0.1, -0.05) is 12.1 Å². The number of ether oxygens (including phenoxy) is 1. The van der Waals surface area contributed by atoms with Crippen LogP contribution < -0.4 is 5.32 Å². The molecule has 2 aromatic rings. The van der Waals surface area contributed by atoms with Gasteiger partial charge in [0, 0.05) is 25.2 Å². The van der Waals surface area contributed by atoms with Gasteiger partial charge in [0.2, 0.25) is 15.9 Å². The van der Waals surface area contributed by atoms with E-state index in [1.54, 1.807) is 24.3 Å². The number of halogens is 1. The molecule has 0 saturated carbocycles. The molecular weight excluding hydrogens is 371 g/mol. The number of carbonyl (C=O) groups excluding carboxylic acids is 1. The van der Waals surface area contributed by atoms with Crippen LogP contribution in [0, 0.1) is 5.82 Å². The minimum Gasteiger partial charge on any atom is -0.379 e. The number of sulfonamides is 1. The van der Waals surface area contributed by atoms with E-state index in [0.29, 0.717) is 38.4 Å². The van der Waals surface area contributed by atoms with Crippen molar-refractivity contribution >= 4 is 21.6 Å². The van der Waals surface area contributed by atoms with Crippen molar-refractivity contribution < 1.29 is 22.3 Å². The van der Waals surface area contributed by atoms with Crippen LogP contribution in [-0.2, 0) is 26.0 Å². The highest BCUT2D eigenvalue weighted by Crippen LogP contribution is 2.19. The second-order valence-corrected chi connectivity index (χ2v) is 8.15. The summed E-state index contributed by atoms with van der Waals surface area (Å²) in [6.07, 6.45) is 0.745. The topological polar surface area (TPSA) is 75.7 Å². The zero-order valence-corrected chi connectivity index (χ0v) is 15.5. The Morgan fingerprint density at radius 1 is 1.04 bits per heavy atom. The largest absolute Gasteiger partial charge is 0.379 e. The summed E-state index contributed by atoms with van der Waals surface area (Å²) >= 11 is 0. The number of morpholine rings is 1. The maximum Gasteiger partial charge on any atom is 0.243 e. The van der Waals surface area contributed by atoms with Crippen LogP contribution in [0.5, 0.6) is 0 Å². The van der Waals surface area contributed by atoms with Crippen molar-refractivity contribution in [1.82, 2.24) is 4.31 Å². The fourth-order valence-corrected chi connectivity index (χ4v) is 4.19. The predicted molar refractivity (Wildman–Crippen MR) is 99.4 cm³/mol. The normalized spacial score (nSPS) is 15.4. The highest BCUT2D eigenvalue weighted by atomic mass is 32.2. The van der Waals surface area contributed by atoms with Gasteiger partial charge in [0.1, 0.15) is 5.82 Å². The number of benzene rings is 2. The highest BCUT2D eigenvalue weighted by molar-refractivity contribution is 7.89. The average molecular weight is 392 g/mol. The fraction of sp³-hybridized carbons (Fsp3) is 0.316. The summed E-state index contributed by atoms with van der Waals surface area (Å²) in [6.45, 7) is 1.46. The summed E-state index contributed by atoms with van der Waals surface area (Å²) in [6, 6.07) is 12.1. The number of nitrogens with one attached hydrogen (secondary N) is 1. The lowest BCUT2D eigenvalue weighted by molar-refractivity contribution is -0.116. The number of anilines is 1. The van der Waals surface area contributed by atoms with Crippen LogP contribution in [0.3, 0.4) is 0 Å². The number of amides is 1. The summed E-state index contributed by atoms with van der Waals surface area (Å²) in [7, 11) is -3.55. The van der Waals surface area contributed by atoms with Crippen molar-refractivity contribution in [3.8, 4) is 0 Å². The predicted octanol–water partition coefficient (Wildman–Crippen LogP) is 2.42. The van der Waals surface area contributed by atoms with Gasteiger partial charge in [0.15, 0.2) is 0 Å². The third-order valence-corrected chi connectivity index (χ3v) is 6.21. The zero-order valence-electron chi connectivity index (χ0n) is 14.7. The summed E-state index contributed by atoms with van der Waals surface area (Å²) in [4.78, 5) is 12.2. The molecule has 6 nitrogen and oxygen atoms in total. The van der Waals surface area contributed by atoms with Crippen molar-refractivity contribution in [2.24, 2.45) is 0 Å². The summed E-state index contributed by atoms with van der Waals surface area (Å²) in [5.41, 5.74) is 1.40. The first kappa shape index (κ1) is 19.5. The maximum absolute atomic E-state index is 12.9. The molecule has 8 heteroatoms. The van der Waals surface area contributed by atoms with Crippen LogP contribution in [0.25, 0.3) is 0 Å². The smallest absolute Gasteiger partial charge is 0.243 e. The minimum absolute atomic E-state index is 0.189. The monoisotopic (exact) mass is 392 g/mol. The molecule has 0 unspecified atom stereocenters. The number of carbonyl (C=O) groups is 1. The van der Waals surface area contributed by atoms with Crippen LogP contribution in [0.1, 0.15) is 12.0 Å². The Bertz CT molecular complexity index is 877. The van der Waals surface area contributed by atoms with Gasteiger partial charge in [-0.2, -0.15) is 4.31 Å². The van der Waals surface area contributed by atoms with Crippen LogP contribution >= 0.6 is 0 Å². The number of hydrogen-bond acceptors (Lipinski definition) is 4. The number of aryl methyl sites for hydroxylation is 1. The van der Waals surface area contributed by atoms with Gasteiger partial charge < -0.3 is 10.1 Å². The van der Waals surface area contributed by atoms with E-state index in [1.807, 2.05) is 0 Å². The maximum atomic E-state index is 12.9. The van der Waals surface area contributed by atoms with Crippen molar-refractivity contribution in [3.05, 3.63) is 59.9 Å². The minimum atomic E-state index is -3.55. The number of nitrogens with zero attached hydrogens (tertiary/aromatic N) is 1. The molecule has 1 saturated heterocycles. The van der Waals surface area contributed by atoms with E-state index >= 15 is 0 Å². The lowest BCUT2D eigenvalue weighted by atomic mass is 10.1. The van der Waals surface area contributed by atoms with Crippen LogP contribution in [0.4, 0.5) is 10.1 Å². The summed E-state index contributed by atoms with van der Waals surface area (Å²) in [5, 5.41) is 2.74. The van der Waals surface area contributed by atoms with Gasteiger partial charge in [-0.05, 0) is 48.4 Å². The van der Waals surface area contributed by atoms with E-state index in [0.717, 1.165) is 5.56 Å². The molecule has 1 N–H and O–H groups in total.